The van der Waals surface area contributed by atoms with Crippen molar-refractivity contribution in [2.45, 2.75) is 13.8 Å². The van der Waals surface area contributed by atoms with Crippen LogP contribution in [0.2, 0.25) is 0 Å². The van der Waals surface area contributed by atoms with Crippen LogP contribution in [0.3, 0.4) is 0 Å². The molecule has 66 valence electrons. The number of Topliss-reactive ketones (excluding diaryl/α,β-unsaturated/α-hetero) is 1. The Labute approximate surface area is 72.2 Å². The van der Waals surface area contributed by atoms with E-state index in [0.717, 1.165) is 17.0 Å². The average Bonchev–Trinajstić information content (AvgIpc) is 2.30. The third-order valence-electron chi connectivity index (χ3n) is 1.77. The molecule has 0 aliphatic rings. The van der Waals surface area contributed by atoms with Crippen LogP contribution in [0, 0.1) is 13.8 Å². The van der Waals surface area contributed by atoms with Crippen LogP contribution in [0.1, 0.15) is 21.7 Å². The van der Waals surface area contributed by atoms with Gasteiger partial charge in [-0.15, -0.1) is 0 Å². The van der Waals surface area contributed by atoms with E-state index in [4.69, 9.17) is 0 Å². The first kappa shape index (κ1) is 9.00. The largest absolute Gasteiger partial charge is 0.356 e. The van der Waals surface area contributed by atoms with Crippen LogP contribution in [-0.2, 0) is 0 Å². The molecule has 0 aliphatic heterocycles. The van der Waals surface area contributed by atoms with E-state index in [1.165, 1.54) is 0 Å². The van der Waals surface area contributed by atoms with Crippen LogP contribution in [0.15, 0.2) is 6.07 Å². The number of ketones is 1. The minimum Gasteiger partial charge on any atom is -0.356 e. The number of carbonyl (C=O) groups is 1. The Kier molecular flexibility index (Phi) is 2.65. The topological polar surface area (TPSA) is 44.9 Å². The van der Waals surface area contributed by atoms with Gasteiger partial charge in [0.1, 0.15) is 0 Å². The first-order valence-electron chi connectivity index (χ1n) is 3.99. The van der Waals surface area contributed by atoms with Gasteiger partial charge in [0.25, 0.3) is 0 Å². The molecule has 3 nitrogen and oxygen atoms in total. The SMILES string of the molecule is CNCC(=O)c1[nH]c(C)cc1C. The Morgan fingerprint density at radius 1 is 1.58 bits per heavy atom. The zero-order valence-corrected chi connectivity index (χ0v) is 7.69. The number of rotatable bonds is 3. The summed E-state index contributed by atoms with van der Waals surface area (Å²) in [6.07, 6.45) is 0. The number of carbonyl (C=O) groups excluding carboxylic acids is 1. The lowest BCUT2D eigenvalue weighted by atomic mass is 10.2. The molecule has 1 rings (SSSR count). The fourth-order valence-electron chi connectivity index (χ4n) is 1.27. The van der Waals surface area contributed by atoms with E-state index in [1.807, 2.05) is 19.9 Å². The summed E-state index contributed by atoms with van der Waals surface area (Å²) >= 11 is 0. The van der Waals surface area contributed by atoms with Gasteiger partial charge in [-0.3, -0.25) is 4.79 Å². The quantitative estimate of drug-likeness (QED) is 0.659. The predicted octanol–water partition coefficient (Wildman–Crippen LogP) is 1.03. The number of H-pyrrole nitrogens is 1. The van der Waals surface area contributed by atoms with Gasteiger partial charge in [0.05, 0.1) is 12.2 Å². The number of aromatic amines is 1. The van der Waals surface area contributed by atoms with E-state index < -0.39 is 0 Å². The maximum absolute atomic E-state index is 11.4. The fraction of sp³-hybridized carbons (Fsp3) is 0.444. The highest BCUT2D eigenvalue weighted by atomic mass is 16.1. The van der Waals surface area contributed by atoms with Gasteiger partial charge in [-0.1, -0.05) is 0 Å². The van der Waals surface area contributed by atoms with E-state index in [9.17, 15) is 4.79 Å². The second kappa shape index (κ2) is 3.54. The van der Waals surface area contributed by atoms with Gasteiger partial charge in [0.2, 0.25) is 0 Å². The van der Waals surface area contributed by atoms with Crippen LogP contribution in [0.5, 0.6) is 0 Å². The first-order valence-corrected chi connectivity index (χ1v) is 3.99. The van der Waals surface area contributed by atoms with Crippen molar-refractivity contribution in [2.24, 2.45) is 0 Å². The van der Waals surface area contributed by atoms with Crippen molar-refractivity contribution in [1.82, 2.24) is 10.3 Å². The van der Waals surface area contributed by atoms with Crippen LogP contribution in [0.4, 0.5) is 0 Å². The van der Waals surface area contributed by atoms with Crippen LogP contribution >= 0.6 is 0 Å². The Hall–Kier alpha value is -1.09. The lowest BCUT2D eigenvalue weighted by Gasteiger charge is -1.97. The molecular formula is C9H14N2O. The van der Waals surface area contributed by atoms with Crippen molar-refractivity contribution >= 4 is 5.78 Å². The van der Waals surface area contributed by atoms with Gasteiger partial charge in [0, 0.05) is 5.69 Å². The highest BCUT2D eigenvalue weighted by molar-refractivity contribution is 5.97. The molecule has 0 aromatic carbocycles. The molecule has 0 atom stereocenters. The normalized spacial score (nSPS) is 10.2. The highest BCUT2D eigenvalue weighted by Crippen LogP contribution is 2.08. The number of aryl methyl sites for hydroxylation is 2. The predicted molar refractivity (Wildman–Crippen MR) is 48.5 cm³/mol. The lowest BCUT2D eigenvalue weighted by Crippen LogP contribution is -2.19. The smallest absolute Gasteiger partial charge is 0.192 e. The Morgan fingerprint density at radius 3 is 2.67 bits per heavy atom. The van der Waals surface area contributed by atoms with E-state index >= 15 is 0 Å². The van der Waals surface area contributed by atoms with Gasteiger partial charge in [0.15, 0.2) is 5.78 Å². The Balaban J connectivity index is 2.87. The van der Waals surface area contributed by atoms with Crippen LogP contribution in [0.25, 0.3) is 0 Å². The molecule has 0 aliphatic carbocycles. The van der Waals surface area contributed by atoms with E-state index in [1.54, 1.807) is 7.05 Å². The molecule has 0 radical (unpaired) electrons. The first-order chi connectivity index (χ1) is 5.65. The van der Waals surface area contributed by atoms with Crippen molar-refractivity contribution in [2.75, 3.05) is 13.6 Å². The highest BCUT2D eigenvalue weighted by Gasteiger charge is 2.09. The third kappa shape index (κ3) is 1.74. The van der Waals surface area contributed by atoms with Gasteiger partial charge in [-0.2, -0.15) is 0 Å². The summed E-state index contributed by atoms with van der Waals surface area (Å²) in [4.78, 5) is 14.4. The maximum Gasteiger partial charge on any atom is 0.192 e. The third-order valence-corrected chi connectivity index (χ3v) is 1.77. The van der Waals surface area contributed by atoms with Crippen molar-refractivity contribution in [3.8, 4) is 0 Å². The zero-order chi connectivity index (χ0) is 9.14. The number of aromatic nitrogens is 1. The second-order valence-corrected chi connectivity index (χ2v) is 2.96. The van der Waals surface area contributed by atoms with Gasteiger partial charge in [-0.05, 0) is 32.5 Å². The number of likely N-dealkylation sites (N-methyl/N-ethyl adjacent to an activating group) is 1. The molecule has 2 N–H and O–H groups in total. The summed E-state index contributed by atoms with van der Waals surface area (Å²) in [6.45, 7) is 4.27. The molecule has 1 aromatic rings. The molecule has 12 heavy (non-hydrogen) atoms. The Bertz CT molecular complexity index is 289. The molecule has 0 unspecified atom stereocenters. The van der Waals surface area contributed by atoms with Gasteiger partial charge < -0.3 is 10.3 Å². The molecule has 3 heteroatoms. The standard InChI is InChI=1S/C9H14N2O/c1-6-4-7(2)11-9(6)8(12)5-10-3/h4,10-11H,5H2,1-3H3. The van der Waals surface area contributed by atoms with Crippen molar-refractivity contribution < 1.29 is 4.79 Å². The van der Waals surface area contributed by atoms with Crippen molar-refractivity contribution in [1.29, 1.82) is 0 Å². The minimum atomic E-state index is 0.114. The second-order valence-electron chi connectivity index (χ2n) is 2.96. The van der Waals surface area contributed by atoms with Gasteiger partial charge in [-0.25, -0.2) is 0 Å². The van der Waals surface area contributed by atoms with Crippen LogP contribution < -0.4 is 5.32 Å². The van der Waals surface area contributed by atoms with E-state index in [-0.39, 0.29) is 5.78 Å². The molecule has 0 amide bonds. The Morgan fingerprint density at radius 2 is 2.25 bits per heavy atom. The molecule has 0 fully saturated rings. The van der Waals surface area contributed by atoms with E-state index in [2.05, 4.69) is 10.3 Å². The molecule has 1 heterocycles. The van der Waals surface area contributed by atoms with Crippen LogP contribution in [-0.4, -0.2) is 24.4 Å². The molecule has 0 bridgehead atoms. The monoisotopic (exact) mass is 166 g/mol. The average molecular weight is 166 g/mol. The summed E-state index contributed by atoms with van der Waals surface area (Å²) in [5, 5.41) is 2.83. The van der Waals surface area contributed by atoms with Gasteiger partial charge >= 0.3 is 0 Å². The molecule has 0 saturated heterocycles. The molecule has 0 spiro atoms. The fourth-order valence-corrected chi connectivity index (χ4v) is 1.27. The number of hydrogen-bond acceptors (Lipinski definition) is 2. The molecular weight excluding hydrogens is 152 g/mol. The van der Waals surface area contributed by atoms with Crippen molar-refractivity contribution in [3.63, 3.8) is 0 Å². The zero-order valence-electron chi connectivity index (χ0n) is 7.69. The summed E-state index contributed by atoms with van der Waals surface area (Å²) in [5.74, 6) is 0.114. The van der Waals surface area contributed by atoms with Crippen molar-refractivity contribution in [3.05, 3.63) is 23.0 Å². The lowest BCUT2D eigenvalue weighted by molar-refractivity contribution is 0.0989. The summed E-state index contributed by atoms with van der Waals surface area (Å²) in [5.41, 5.74) is 2.78. The summed E-state index contributed by atoms with van der Waals surface area (Å²) < 4.78 is 0. The minimum absolute atomic E-state index is 0.114. The number of hydrogen-bond donors (Lipinski definition) is 2. The summed E-state index contributed by atoms with van der Waals surface area (Å²) in [7, 11) is 1.77. The molecule has 0 saturated carbocycles. The summed E-state index contributed by atoms with van der Waals surface area (Å²) in [6, 6.07) is 1.98. The van der Waals surface area contributed by atoms with E-state index in [0.29, 0.717) is 6.54 Å². The number of nitrogens with one attached hydrogen (secondary N) is 2. The molecule has 1 aromatic heterocycles. The maximum atomic E-state index is 11.4.